The van der Waals surface area contributed by atoms with Gasteiger partial charge in [-0.15, -0.1) is 0 Å². The molecule has 24 heavy (non-hydrogen) atoms. The average Bonchev–Trinajstić information content (AvgIpc) is 2.61. The lowest BCUT2D eigenvalue weighted by Crippen LogP contribution is -2.43. The molecule has 1 aliphatic rings. The molecule has 1 heterocycles. The minimum absolute atomic E-state index is 0.0232. The van der Waals surface area contributed by atoms with Crippen molar-refractivity contribution in [1.82, 2.24) is 0 Å². The van der Waals surface area contributed by atoms with Gasteiger partial charge in [-0.05, 0) is 55.0 Å². The van der Waals surface area contributed by atoms with Crippen molar-refractivity contribution in [3.8, 4) is 5.75 Å². The van der Waals surface area contributed by atoms with E-state index >= 15 is 0 Å². The molecule has 126 valence electrons. The number of anilines is 1. The third-order valence-electron chi connectivity index (χ3n) is 4.58. The molecule has 0 unspecified atom stereocenters. The first kappa shape index (κ1) is 16.6. The molecule has 0 aromatic heterocycles. The van der Waals surface area contributed by atoms with Crippen LogP contribution in [0.4, 0.5) is 5.69 Å². The van der Waals surface area contributed by atoms with E-state index in [0.29, 0.717) is 5.92 Å². The number of ether oxygens (including phenoxy) is 1. The first-order valence-corrected chi connectivity index (χ1v) is 8.72. The first-order chi connectivity index (χ1) is 11.6. The highest BCUT2D eigenvalue weighted by Gasteiger charge is 2.27. The zero-order valence-corrected chi connectivity index (χ0v) is 14.7. The van der Waals surface area contributed by atoms with Gasteiger partial charge in [-0.2, -0.15) is 0 Å². The lowest BCUT2D eigenvalue weighted by molar-refractivity contribution is -0.124. The van der Waals surface area contributed by atoms with Gasteiger partial charge in [0, 0.05) is 12.2 Å². The molecule has 0 spiro atoms. The zero-order valence-electron chi connectivity index (χ0n) is 14.7. The van der Waals surface area contributed by atoms with Crippen LogP contribution < -0.4 is 9.64 Å². The van der Waals surface area contributed by atoms with Gasteiger partial charge in [-0.25, -0.2) is 0 Å². The molecule has 2 aromatic rings. The van der Waals surface area contributed by atoms with Crippen LogP contribution in [0.2, 0.25) is 0 Å². The molecule has 0 N–H and O–H groups in total. The van der Waals surface area contributed by atoms with E-state index in [4.69, 9.17) is 4.74 Å². The predicted molar refractivity (Wildman–Crippen MR) is 97.7 cm³/mol. The highest BCUT2D eigenvalue weighted by Crippen LogP contribution is 2.28. The monoisotopic (exact) mass is 323 g/mol. The van der Waals surface area contributed by atoms with Gasteiger partial charge in [0.25, 0.3) is 5.91 Å². The Morgan fingerprint density at radius 2 is 1.75 bits per heavy atom. The van der Waals surface area contributed by atoms with Gasteiger partial charge in [-0.1, -0.05) is 44.2 Å². The highest BCUT2D eigenvalue weighted by atomic mass is 16.5. The molecule has 1 aliphatic heterocycles. The fraction of sp³-hybridized carbons (Fsp3) is 0.381. The van der Waals surface area contributed by atoms with E-state index in [2.05, 4.69) is 32.0 Å². The molecule has 0 aliphatic carbocycles. The van der Waals surface area contributed by atoms with Crippen molar-refractivity contribution in [1.29, 1.82) is 0 Å². The van der Waals surface area contributed by atoms with Crippen LogP contribution in [0.25, 0.3) is 0 Å². The summed E-state index contributed by atoms with van der Waals surface area (Å²) in [6.45, 7) is 6.91. The number of fused-ring (bicyclic) bond motifs is 1. The molecule has 3 heteroatoms. The number of carbonyl (C=O) groups is 1. The lowest BCUT2D eigenvalue weighted by Gasteiger charge is -2.31. The summed E-state index contributed by atoms with van der Waals surface area (Å²) in [4.78, 5) is 14.7. The summed E-state index contributed by atoms with van der Waals surface area (Å²) in [6.07, 6.45) is 1.53. The second-order valence-corrected chi connectivity index (χ2v) is 6.71. The Morgan fingerprint density at radius 3 is 2.46 bits per heavy atom. The van der Waals surface area contributed by atoms with Crippen molar-refractivity contribution in [3.05, 3.63) is 59.7 Å². The van der Waals surface area contributed by atoms with Crippen LogP contribution in [0, 0.1) is 0 Å². The van der Waals surface area contributed by atoms with Crippen LogP contribution in [0.1, 0.15) is 44.2 Å². The van der Waals surface area contributed by atoms with E-state index in [1.165, 1.54) is 11.1 Å². The Morgan fingerprint density at radius 1 is 1.04 bits per heavy atom. The van der Waals surface area contributed by atoms with Gasteiger partial charge in [0.05, 0.1) is 0 Å². The van der Waals surface area contributed by atoms with Crippen LogP contribution in [0.3, 0.4) is 0 Å². The predicted octanol–water partition coefficient (Wildman–Crippen LogP) is 4.56. The number of para-hydroxylation sites is 1. The molecule has 1 amide bonds. The molecular weight excluding hydrogens is 298 g/mol. The fourth-order valence-corrected chi connectivity index (χ4v) is 3.17. The molecule has 0 bridgehead atoms. The van der Waals surface area contributed by atoms with Crippen LogP contribution in [0.15, 0.2) is 48.5 Å². The van der Waals surface area contributed by atoms with Crippen LogP contribution >= 0.6 is 0 Å². The van der Waals surface area contributed by atoms with Gasteiger partial charge in [0.2, 0.25) is 0 Å². The minimum atomic E-state index is -0.499. The minimum Gasteiger partial charge on any atom is -0.481 e. The van der Waals surface area contributed by atoms with Gasteiger partial charge >= 0.3 is 0 Å². The van der Waals surface area contributed by atoms with Crippen molar-refractivity contribution < 1.29 is 9.53 Å². The smallest absolute Gasteiger partial charge is 0.267 e. The summed E-state index contributed by atoms with van der Waals surface area (Å²) in [6, 6.07) is 16.2. The second kappa shape index (κ2) is 7.08. The van der Waals surface area contributed by atoms with Crippen molar-refractivity contribution in [2.24, 2.45) is 0 Å². The Hall–Kier alpha value is -2.29. The van der Waals surface area contributed by atoms with E-state index in [-0.39, 0.29) is 5.91 Å². The van der Waals surface area contributed by atoms with Crippen LogP contribution in [-0.2, 0) is 11.2 Å². The summed E-state index contributed by atoms with van der Waals surface area (Å²) in [7, 11) is 0. The molecule has 0 radical (unpaired) electrons. The van der Waals surface area contributed by atoms with Gasteiger partial charge in [0.15, 0.2) is 6.10 Å². The maximum absolute atomic E-state index is 12.8. The topological polar surface area (TPSA) is 29.5 Å². The van der Waals surface area contributed by atoms with Gasteiger partial charge in [-0.3, -0.25) is 4.79 Å². The third-order valence-corrected chi connectivity index (χ3v) is 4.58. The maximum atomic E-state index is 12.8. The molecule has 0 fully saturated rings. The second-order valence-electron chi connectivity index (χ2n) is 6.71. The molecule has 3 rings (SSSR count). The Balaban J connectivity index is 1.71. The number of hydrogen-bond acceptors (Lipinski definition) is 2. The number of hydrogen-bond donors (Lipinski definition) is 0. The van der Waals surface area contributed by atoms with Crippen molar-refractivity contribution in [3.63, 3.8) is 0 Å². The number of nitrogens with zero attached hydrogens (tertiary/aromatic N) is 1. The summed E-state index contributed by atoms with van der Waals surface area (Å²) in [5, 5.41) is 0. The van der Waals surface area contributed by atoms with E-state index in [1.807, 2.05) is 42.2 Å². The normalized spacial score (nSPS) is 15.1. The molecule has 2 aromatic carbocycles. The quantitative estimate of drug-likeness (QED) is 0.825. The van der Waals surface area contributed by atoms with Gasteiger partial charge < -0.3 is 9.64 Å². The lowest BCUT2D eigenvalue weighted by atomic mass is 10.0. The number of benzene rings is 2. The third kappa shape index (κ3) is 3.45. The fourth-order valence-electron chi connectivity index (χ4n) is 3.17. The van der Waals surface area contributed by atoms with Crippen molar-refractivity contribution >= 4 is 11.6 Å². The Bertz CT molecular complexity index is 706. The number of amides is 1. The number of rotatable bonds is 4. The largest absolute Gasteiger partial charge is 0.481 e. The molecular formula is C21H25NO2. The van der Waals surface area contributed by atoms with Crippen molar-refractivity contribution in [2.45, 2.75) is 45.6 Å². The van der Waals surface area contributed by atoms with E-state index in [1.54, 1.807) is 0 Å². The van der Waals surface area contributed by atoms with E-state index in [9.17, 15) is 4.79 Å². The first-order valence-electron chi connectivity index (χ1n) is 8.72. The van der Waals surface area contributed by atoms with Crippen molar-refractivity contribution in [2.75, 3.05) is 11.4 Å². The van der Waals surface area contributed by atoms with Crippen LogP contribution in [0.5, 0.6) is 5.75 Å². The molecule has 1 atom stereocenters. The SMILES string of the molecule is CC(C)c1ccc(O[C@H](C)C(=O)N2CCCc3ccccc32)cc1. The molecule has 0 saturated heterocycles. The molecule has 0 saturated carbocycles. The highest BCUT2D eigenvalue weighted by molar-refractivity contribution is 5.97. The Labute approximate surface area is 144 Å². The Kier molecular flexibility index (Phi) is 4.89. The van der Waals surface area contributed by atoms with E-state index < -0.39 is 6.10 Å². The maximum Gasteiger partial charge on any atom is 0.267 e. The molecule has 3 nitrogen and oxygen atoms in total. The summed E-state index contributed by atoms with van der Waals surface area (Å²) in [5.74, 6) is 1.25. The zero-order chi connectivity index (χ0) is 17.1. The number of aryl methyl sites for hydroxylation is 1. The summed E-state index contributed by atoms with van der Waals surface area (Å²) < 4.78 is 5.89. The van der Waals surface area contributed by atoms with Crippen LogP contribution in [-0.4, -0.2) is 18.6 Å². The van der Waals surface area contributed by atoms with Gasteiger partial charge in [0.1, 0.15) is 5.75 Å². The number of carbonyl (C=O) groups excluding carboxylic acids is 1. The average molecular weight is 323 g/mol. The van der Waals surface area contributed by atoms with E-state index in [0.717, 1.165) is 30.8 Å². The standard InChI is InChI=1S/C21H25NO2/c1-15(2)17-10-12-19(13-11-17)24-16(3)21(23)22-14-6-8-18-7-4-5-9-20(18)22/h4-5,7,9-13,15-16H,6,8,14H2,1-3H3/t16-/m1/s1. The summed E-state index contributed by atoms with van der Waals surface area (Å²) in [5.41, 5.74) is 3.54. The summed E-state index contributed by atoms with van der Waals surface area (Å²) >= 11 is 0.